The van der Waals surface area contributed by atoms with Crippen molar-refractivity contribution in [3.8, 4) is 11.5 Å². The summed E-state index contributed by atoms with van der Waals surface area (Å²) in [4.78, 5) is 16.1. The minimum Gasteiger partial charge on any atom is -0.489 e. The minimum absolute atomic E-state index is 0.314. The van der Waals surface area contributed by atoms with Gasteiger partial charge in [0.25, 0.3) is 0 Å². The van der Waals surface area contributed by atoms with Gasteiger partial charge in [0.15, 0.2) is 11.5 Å². The van der Waals surface area contributed by atoms with Crippen LogP contribution < -0.4 is 20.1 Å². The van der Waals surface area contributed by atoms with Crippen molar-refractivity contribution in [1.29, 1.82) is 0 Å². The second-order valence-electron chi connectivity index (χ2n) is 5.43. The Labute approximate surface area is 145 Å². The van der Waals surface area contributed by atoms with Crippen molar-refractivity contribution in [2.45, 2.75) is 19.9 Å². The molecule has 1 aliphatic rings. The molecule has 2 heterocycles. The first-order valence-electron chi connectivity index (χ1n) is 7.68. The lowest BCUT2D eigenvalue weighted by Gasteiger charge is -2.13. The van der Waals surface area contributed by atoms with Gasteiger partial charge in [0.1, 0.15) is 5.82 Å². The molecule has 0 fully saturated rings. The van der Waals surface area contributed by atoms with E-state index in [9.17, 15) is 4.79 Å². The molecule has 2 N–H and O–H groups in total. The molecule has 0 saturated heterocycles. The lowest BCUT2D eigenvalue weighted by Crippen LogP contribution is -2.28. The van der Waals surface area contributed by atoms with Crippen molar-refractivity contribution >= 4 is 23.4 Å². The Morgan fingerprint density at radius 2 is 2.17 bits per heavy atom. The van der Waals surface area contributed by atoms with Gasteiger partial charge in [-0.25, -0.2) is 9.78 Å². The highest BCUT2D eigenvalue weighted by molar-refractivity contribution is 6.32. The number of pyridine rings is 1. The van der Waals surface area contributed by atoms with Crippen LogP contribution in [0.4, 0.5) is 10.6 Å². The van der Waals surface area contributed by atoms with Crippen molar-refractivity contribution in [2.24, 2.45) is 0 Å². The van der Waals surface area contributed by atoms with E-state index < -0.39 is 0 Å². The van der Waals surface area contributed by atoms with Crippen molar-refractivity contribution in [3.63, 3.8) is 0 Å². The number of amides is 2. The summed E-state index contributed by atoms with van der Waals surface area (Å²) in [5.41, 5.74) is 1.73. The number of aromatic nitrogens is 1. The number of aryl methyl sites for hydroxylation is 1. The molecule has 1 aromatic carbocycles. The van der Waals surface area contributed by atoms with Crippen LogP contribution in [0.15, 0.2) is 30.5 Å². The fourth-order valence-electron chi connectivity index (χ4n) is 2.34. The minimum atomic E-state index is -0.333. The van der Waals surface area contributed by atoms with Gasteiger partial charge in [0, 0.05) is 19.2 Å². The molecule has 24 heavy (non-hydrogen) atoms. The highest BCUT2D eigenvalue weighted by atomic mass is 35.5. The van der Waals surface area contributed by atoms with E-state index in [0.29, 0.717) is 42.1 Å². The molecule has 3 rings (SSSR count). The molecule has 1 aliphatic heterocycles. The Balaban J connectivity index is 1.64. The summed E-state index contributed by atoms with van der Waals surface area (Å²) < 4.78 is 11.2. The summed E-state index contributed by atoms with van der Waals surface area (Å²) in [6, 6.07) is 6.96. The number of hydrogen-bond donors (Lipinski definition) is 2. The fourth-order valence-corrected chi connectivity index (χ4v) is 2.62. The molecule has 0 atom stereocenters. The van der Waals surface area contributed by atoms with Crippen LogP contribution >= 0.6 is 11.6 Å². The van der Waals surface area contributed by atoms with Gasteiger partial charge in [-0.2, -0.15) is 0 Å². The number of nitrogens with one attached hydrogen (secondary N) is 2. The first-order valence-corrected chi connectivity index (χ1v) is 8.06. The van der Waals surface area contributed by atoms with E-state index in [1.54, 1.807) is 12.3 Å². The van der Waals surface area contributed by atoms with Crippen LogP contribution in [-0.4, -0.2) is 24.2 Å². The Kier molecular flexibility index (Phi) is 5.05. The van der Waals surface area contributed by atoms with Gasteiger partial charge in [-0.15, -0.1) is 0 Å². The van der Waals surface area contributed by atoms with Gasteiger partial charge >= 0.3 is 6.03 Å². The highest BCUT2D eigenvalue weighted by Gasteiger charge is 2.16. The van der Waals surface area contributed by atoms with Crippen LogP contribution in [0.5, 0.6) is 11.5 Å². The number of nitrogens with zero attached hydrogens (tertiary/aromatic N) is 1. The number of anilines is 1. The molecule has 2 aromatic rings. The number of urea groups is 1. The zero-order valence-corrected chi connectivity index (χ0v) is 14.0. The highest BCUT2D eigenvalue weighted by Crippen LogP contribution is 2.37. The molecule has 2 amide bonds. The smallest absolute Gasteiger partial charge is 0.320 e. The maximum atomic E-state index is 12.0. The molecule has 0 unspecified atom stereocenters. The van der Waals surface area contributed by atoms with Gasteiger partial charge in [0.2, 0.25) is 0 Å². The summed E-state index contributed by atoms with van der Waals surface area (Å²) in [6.45, 7) is 3.36. The quantitative estimate of drug-likeness (QED) is 0.891. The van der Waals surface area contributed by atoms with E-state index >= 15 is 0 Å². The summed E-state index contributed by atoms with van der Waals surface area (Å²) in [5.74, 6) is 1.70. The van der Waals surface area contributed by atoms with E-state index in [1.807, 2.05) is 25.1 Å². The summed E-state index contributed by atoms with van der Waals surface area (Å²) in [6.07, 6.45) is 2.44. The first-order chi connectivity index (χ1) is 11.6. The van der Waals surface area contributed by atoms with Crippen LogP contribution in [-0.2, 0) is 6.54 Å². The topological polar surface area (TPSA) is 72.5 Å². The molecule has 6 nitrogen and oxygen atoms in total. The Hall–Kier alpha value is -2.47. The van der Waals surface area contributed by atoms with E-state index in [0.717, 1.165) is 17.5 Å². The average Bonchev–Trinajstić information content (AvgIpc) is 2.81. The van der Waals surface area contributed by atoms with Crippen LogP contribution in [0.2, 0.25) is 5.02 Å². The van der Waals surface area contributed by atoms with Crippen molar-refractivity contribution in [1.82, 2.24) is 10.3 Å². The summed E-state index contributed by atoms with van der Waals surface area (Å²) in [7, 11) is 0. The van der Waals surface area contributed by atoms with Crippen molar-refractivity contribution in [3.05, 3.63) is 46.6 Å². The van der Waals surface area contributed by atoms with E-state index in [1.165, 1.54) is 0 Å². The summed E-state index contributed by atoms with van der Waals surface area (Å²) >= 11 is 6.24. The van der Waals surface area contributed by atoms with Crippen LogP contribution in [0.25, 0.3) is 0 Å². The van der Waals surface area contributed by atoms with Gasteiger partial charge in [-0.1, -0.05) is 17.7 Å². The Bertz CT molecular complexity index is 752. The lowest BCUT2D eigenvalue weighted by atomic mass is 10.2. The number of fused-ring (bicyclic) bond motifs is 1. The molecule has 126 valence electrons. The monoisotopic (exact) mass is 347 g/mol. The predicted octanol–water partition coefficient (Wildman–Crippen LogP) is 3.53. The van der Waals surface area contributed by atoms with E-state index in [2.05, 4.69) is 15.6 Å². The SMILES string of the molecule is Cc1cccnc1NC(=O)NCc1cc(Cl)c2c(c1)OCCCO2. The molecule has 0 aliphatic carbocycles. The normalized spacial score (nSPS) is 13.1. The fraction of sp³-hybridized carbons (Fsp3) is 0.294. The third-order valence-corrected chi connectivity index (χ3v) is 3.84. The van der Waals surface area contributed by atoms with Gasteiger partial charge in [0.05, 0.1) is 18.2 Å². The summed E-state index contributed by atoms with van der Waals surface area (Å²) in [5, 5.41) is 5.98. The van der Waals surface area contributed by atoms with Crippen molar-refractivity contribution in [2.75, 3.05) is 18.5 Å². The zero-order valence-electron chi connectivity index (χ0n) is 13.3. The third-order valence-electron chi connectivity index (χ3n) is 3.56. The Morgan fingerprint density at radius 1 is 1.33 bits per heavy atom. The van der Waals surface area contributed by atoms with Gasteiger partial charge in [-0.05, 0) is 36.2 Å². The Morgan fingerprint density at radius 3 is 3.00 bits per heavy atom. The zero-order chi connectivity index (χ0) is 16.9. The molecule has 1 aromatic heterocycles. The van der Waals surface area contributed by atoms with Gasteiger partial charge in [-0.3, -0.25) is 5.32 Å². The predicted molar refractivity (Wildman–Crippen MR) is 91.9 cm³/mol. The number of carbonyl (C=O) groups excluding carboxylic acids is 1. The third kappa shape index (κ3) is 3.89. The average molecular weight is 348 g/mol. The van der Waals surface area contributed by atoms with E-state index in [4.69, 9.17) is 21.1 Å². The number of carbonyl (C=O) groups is 1. The molecular weight excluding hydrogens is 330 g/mol. The number of benzene rings is 1. The van der Waals surface area contributed by atoms with Gasteiger partial charge < -0.3 is 14.8 Å². The lowest BCUT2D eigenvalue weighted by molar-refractivity contribution is 0.251. The maximum absolute atomic E-state index is 12.0. The number of hydrogen-bond acceptors (Lipinski definition) is 4. The molecule has 0 bridgehead atoms. The molecular formula is C17H18ClN3O3. The number of halogens is 1. The number of ether oxygens (including phenoxy) is 2. The van der Waals surface area contributed by atoms with Crippen molar-refractivity contribution < 1.29 is 14.3 Å². The second kappa shape index (κ2) is 7.40. The molecule has 0 radical (unpaired) electrons. The van der Waals surface area contributed by atoms with E-state index in [-0.39, 0.29) is 6.03 Å². The number of rotatable bonds is 3. The molecule has 7 heteroatoms. The van der Waals surface area contributed by atoms with Crippen LogP contribution in [0, 0.1) is 6.92 Å². The maximum Gasteiger partial charge on any atom is 0.320 e. The standard InChI is InChI=1S/C17H18ClN3O3/c1-11-4-2-5-19-16(11)21-17(22)20-10-12-8-13(18)15-14(9-12)23-6-3-7-24-15/h2,4-5,8-9H,3,6-7,10H2,1H3,(H2,19,20,21,22). The van der Waals surface area contributed by atoms with Crippen LogP contribution in [0.3, 0.4) is 0 Å². The second-order valence-corrected chi connectivity index (χ2v) is 5.84. The largest absolute Gasteiger partial charge is 0.489 e. The molecule has 0 saturated carbocycles. The first kappa shape index (κ1) is 16.4. The molecule has 0 spiro atoms. The van der Waals surface area contributed by atoms with Crippen LogP contribution in [0.1, 0.15) is 17.5 Å².